The van der Waals surface area contributed by atoms with Gasteiger partial charge in [0.15, 0.2) is 0 Å². The normalized spacial score (nSPS) is 23.7. The van der Waals surface area contributed by atoms with E-state index in [0.717, 1.165) is 6.42 Å². The van der Waals surface area contributed by atoms with E-state index in [1.54, 1.807) is 0 Å². The summed E-state index contributed by atoms with van der Waals surface area (Å²) in [5, 5.41) is 0. The lowest BCUT2D eigenvalue weighted by Crippen LogP contribution is -2.42. The average Bonchev–Trinajstić information content (AvgIpc) is 2.38. The number of nitrogen functional groups attached to an aromatic ring is 1. The van der Waals surface area contributed by atoms with Crippen molar-refractivity contribution in [2.24, 2.45) is 5.92 Å². The third-order valence-electron chi connectivity index (χ3n) is 3.77. The average molecular weight is 248 g/mol. The number of anilines is 1. The van der Waals surface area contributed by atoms with Crippen LogP contribution in [0, 0.1) is 5.92 Å². The van der Waals surface area contributed by atoms with Crippen LogP contribution < -0.4 is 5.73 Å². The van der Waals surface area contributed by atoms with Gasteiger partial charge in [-0.05, 0) is 18.8 Å². The van der Waals surface area contributed by atoms with Crippen LogP contribution in [0.15, 0.2) is 12.4 Å². The van der Waals surface area contributed by atoms with E-state index in [2.05, 4.69) is 16.9 Å². The number of nitrogens with two attached hydrogens (primary N) is 1. The molecule has 2 atom stereocenters. The summed E-state index contributed by atoms with van der Waals surface area (Å²) in [6, 6.07) is 0.311. The van der Waals surface area contributed by atoms with Crippen LogP contribution in [-0.2, 0) is 0 Å². The zero-order chi connectivity index (χ0) is 13.1. The fourth-order valence-corrected chi connectivity index (χ4v) is 2.65. The van der Waals surface area contributed by atoms with Gasteiger partial charge in [0.1, 0.15) is 11.5 Å². The summed E-state index contributed by atoms with van der Waals surface area (Å²) in [5.41, 5.74) is 5.83. The zero-order valence-electron chi connectivity index (χ0n) is 11.0. The molecule has 0 radical (unpaired) electrons. The first-order valence-corrected chi connectivity index (χ1v) is 6.44. The highest BCUT2D eigenvalue weighted by molar-refractivity contribution is 5.92. The first kappa shape index (κ1) is 12.8. The summed E-state index contributed by atoms with van der Waals surface area (Å²) in [5.74, 6) is 0.816. The van der Waals surface area contributed by atoms with Gasteiger partial charge < -0.3 is 10.6 Å². The second kappa shape index (κ2) is 5.33. The fraction of sp³-hybridized carbons (Fsp3) is 0.615. The number of carbonyl (C=O) groups is 1. The van der Waals surface area contributed by atoms with Gasteiger partial charge in [-0.3, -0.25) is 4.79 Å². The van der Waals surface area contributed by atoms with Crippen LogP contribution in [0.1, 0.15) is 43.1 Å². The highest BCUT2D eigenvalue weighted by Gasteiger charge is 2.28. The van der Waals surface area contributed by atoms with E-state index in [-0.39, 0.29) is 5.91 Å². The first-order chi connectivity index (χ1) is 8.59. The molecule has 1 heterocycles. The quantitative estimate of drug-likeness (QED) is 0.864. The van der Waals surface area contributed by atoms with Gasteiger partial charge in [0.25, 0.3) is 5.91 Å². The van der Waals surface area contributed by atoms with Crippen LogP contribution in [0.2, 0.25) is 0 Å². The molecule has 2 rings (SSSR count). The van der Waals surface area contributed by atoms with Crippen molar-refractivity contribution in [3.8, 4) is 0 Å². The van der Waals surface area contributed by atoms with E-state index in [9.17, 15) is 4.79 Å². The molecule has 5 heteroatoms. The van der Waals surface area contributed by atoms with Crippen molar-refractivity contribution in [2.45, 2.75) is 38.6 Å². The lowest BCUT2D eigenvalue weighted by Gasteiger charge is -2.36. The molecule has 2 N–H and O–H groups in total. The van der Waals surface area contributed by atoms with Crippen molar-refractivity contribution in [1.82, 2.24) is 14.9 Å². The smallest absolute Gasteiger partial charge is 0.274 e. The van der Waals surface area contributed by atoms with Crippen molar-refractivity contribution in [3.63, 3.8) is 0 Å². The Bertz CT molecular complexity index is 418. The van der Waals surface area contributed by atoms with Gasteiger partial charge in [-0.2, -0.15) is 0 Å². The Morgan fingerprint density at radius 3 is 2.67 bits per heavy atom. The Morgan fingerprint density at radius 1 is 1.33 bits per heavy atom. The maximum absolute atomic E-state index is 12.3. The summed E-state index contributed by atoms with van der Waals surface area (Å²) in [6.45, 7) is 2.21. The molecule has 1 aliphatic carbocycles. The number of nitrogens with zero attached hydrogens (tertiary/aromatic N) is 3. The van der Waals surface area contributed by atoms with Crippen LogP contribution in [-0.4, -0.2) is 33.9 Å². The Hall–Kier alpha value is -1.65. The van der Waals surface area contributed by atoms with E-state index in [1.807, 2.05) is 11.9 Å². The molecule has 0 aliphatic heterocycles. The van der Waals surface area contributed by atoms with Crippen molar-refractivity contribution in [2.75, 3.05) is 12.8 Å². The molecule has 1 aromatic heterocycles. The summed E-state index contributed by atoms with van der Waals surface area (Å²) in [6.07, 6.45) is 7.59. The third-order valence-corrected chi connectivity index (χ3v) is 3.77. The Balaban J connectivity index is 2.10. The molecule has 0 spiro atoms. The van der Waals surface area contributed by atoms with Gasteiger partial charge in [-0.25, -0.2) is 9.97 Å². The van der Waals surface area contributed by atoms with E-state index >= 15 is 0 Å². The number of hydrogen-bond acceptors (Lipinski definition) is 4. The van der Waals surface area contributed by atoms with E-state index in [0.29, 0.717) is 23.5 Å². The van der Waals surface area contributed by atoms with Gasteiger partial charge in [0, 0.05) is 13.1 Å². The van der Waals surface area contributed by atoms with Gasteiger partial charge in [-0.1, -0.05) is 19.8 Å². The highest BCUT2D eigenvalue weighted by atomic mass is 16.2. The number of carbonyl (C=O) groups excluding carboxylic acids is 1. The monoisotopic (exact) mass is 248 g/mol. The van der Waals surface area contributed by atoms with E-state index in [4.69, 9.17) is 5.73 Å². The van der Waals surface area contributed by atoms with Crippen LogP contribution in [0.3, 0.4) is 0 Å². The van der Waals surface area contributed by atoms with E-state index in [1.165, 1.54) is 31.7 Å². The van der Waals surface area contributed by atoms with Gasteiger partial charge in [0.2, 0.25) is 0 Å². The summed E-state index contributed by atoms with van der Waals surface area (Å²) < 4.78 is 0. The second-order valence-corrected chi connectivity index (χ2v) is 5.07. The molecule has 0 saturated heterocycles. The number of hydrogen-bond donors (Lipinski definition) is 1. The van der Waals surface area contributed by atoms with Crippen molar-refractivity contribution < 1.29 is 4.79 Å². The fourth-order valence-electron chi connectivity index (χ4n) is 2.65. The number of aromatic nitrogens is 2. The molecule has 1 fully saturated rings. The molecule has 2 unspecified atom stereocenters. The maximum atomic E-state index is 12.3. The maximum Gasteiger partial charge on any atom is 0.274 e. The number of rotatable bonds is 2. The first-order valence-electron chi connectivity index (χ1n) is 6.44. The SMILES string of the molecule is CC1CCCCC1N(C)C(=O)c1cnc(N)cn1. The summed E-state index contributed by atoms with van der Waals surface area (Å²) >= 11 is 0. The predicted octanol–water partition coefficient (Wildman–Crippen LogP) is 1.71. The van der Waals surface area contributed by atoms with Crippen molar-refractivity contribution in [1.29, 1.82) is 0 Å². The highest BCUT2D eigenvalue weighted by Crippen LogP contribution is 2.27. The lowest BCUT2D eigenvalue weighted by molar-refractivity contribution is 0.0622. The Labute approximate surface area is 107 Å². The lowest BCUT2D eigenvalue weighted by atomic mass is 9.85. The topological polar surface area (TPSA) is 72.1 Å². The number of amides is 1. The molecule has 1 aromatic rings. The Kier molecular flexibility index (Phi) is 3.79. The summed E-state index contributed by atoms with van der Waals surface area (Å²) in [7, 11) is 1.85. The molecule has 1 aliphatic rings. The van der Waals surface area contributed by atoms with Crippen molar-refractivity contribution in [3.05, 3.63) is 18.1 Å². The standard InChI is InChI=1S/C13H20N4O/c1-9-5-3-4-6-11(9)17(2)13(18)10-7-16-12(14)8-15-10/h7-9,11H,3-6H2,1-2H3,(H2,14,16). The van der Waals surface area contributed by atoms with Crippen molar-refractivity contribution >= 4 is 11.7 Å². The molecule has 5 nitrogen and oxygen atoms in total. The van der Waals surface area contributed by atoms with Crippen LogP contribution in [0.4, 0.5) is 5.82 Å². The predicted molar refractivity (Wildman–Crippen MR) is 70.0 cm³/mol. The molecule has 18 heavy (non-hydrogen) atoms. The van der Waals surface area contributed by atoms with Crippen LogP contribution in [0.5, 0.6) is 0 Å². The second-order valence-electron chi connectivity index (χ2n) is 5.07. The molecule has 98 valence electrons. The third kappa shape index (κ3) is 2.60. The minimum atomic E-state index is -0.0683. The molecular formula is C13H20N4O. The van der Waals surface area contributed by atoms with Crippen LogP contribution >= 0.6 is 0 Å². The molecule has 1 saturated carbocycles. The molecule has 0 bridgehead atoms. The van der Waals surface area contributed by atoms with Gasteiger partial charge >= 0.3 is 0 Å². The molecule has 1 amide bonds. The minimum Gasteiger partial charge on any atom is -0.382 e. The molecular weight excluding hydrogens is 228 g/mol. The van der Waals surface area contributed by atoms with Gasteiger partial charge in [0.05, 0.1) is 12.4 Å². The largest absolute Gasteiger partial charge is 0.382 e. The minimum absolute atomic E-state index is 0.0683. The van der Waals surface area contributed by atoms with E-state index < -0.39 is 0 Å². The Morgan fingerprint density at radius 2 is 2.06 bits per heavy atom. The zero-order valence-corrected chi connectivity index (χ0v) is 11.0. The molecule has 0 aromatic carbocycles. The van der Waals surface area contributed by atoms with Crippen LogP contribution in [0.25, 0.3) is 0 Å². The summed E-state index contributed by atoms with van der Waals surface area (Å²) in [4.78, 5) is 22.0. The van der Waals surface area contributed by atoms with Gasteiger partial charge in [-0.15, -0.1) is 0 Å².